The minimum Gasteiger partial charge on any atom is -0.462 e. The number of aliphatic hydroxyl groups excluding tert-OH is 2. The molecule has 1 spiro atoms. The number of esters is 1. The Morgan fingerprint density at radius 3 is 2.32 bits per heavy atom. The van der Waals surface area contributed by atoms with Gasteiger partial charge in [-0.25, -0.2) is 9.79 Å². The van der Waals surface area contributed by atoms with Gasteiger partial charge in [0.25, 0.3) is 0 Å². The first kappa shape index (κ1) is 47.3. The summed E-state index contributed by atoms with van der Waals surface area (Å²) in [6.07, 6.45) is 27.7. The Kier molecular flexibility index (Phi) is 21.6. The van der Waals surface area contributed by atoms with Gasteiger partial charge in [-0.1, -0.05) is 89.7 Å². The number of unbranched alkanes of at least 4 members (excludes halogenated alkanes) is 12. The monoisotopic (exact) mass is 801 g/mol. The van der Waals surface area contributed by atoms with E-state index < -0.39 is 11.8 Å². The van der Waals surface area contributed by atoms with Crippen LogP contribution in [0.25, 0.3) is 0 Å². The number of hydrogen-bond donors (Lipinski definition) is 5. The Morgan fingerprint density at radius 1 is 0.982 bits per heavy atom. The molecule has 12 nitrogen and oxygen atoms in total. The average Bonchev–Trinajstić information content (AvgIpc) is 3.50. The maximum absolute atomic E-state index is 13.7. The van der Waals surface area contributed by atoms with Crippen molar-refractivity contribution in [1.29, 1.82) is 0 Å². The molecular weight excluding hydrogens is 721 g/mol. The van der Waals surface area contributed by atoms with Crippen molar-refractivity contribution in [1.82, 2.24) is 15.1 Å². The topological polar surface area (TPSA) is 176 Å². The van der Waals surface area contributed by atoms with Gasteiger partial charge in [-0.2, -0.15) is 0 Å². The number of amides is 1. The van der Waals surface area contributed by atoms with E-state index >= 15 is 0 Å². The third-order valence-electron chi connectivity index (χ3n) is 12.3. The fourth-order valence-electron chi connectivity index (χ4n) is 9.09. The number of ether oxygens (including phenoxy) is 2. The fraction of sp³-hybridized carbons (Fsp3) is 0.844. The number of carbonyl (C=O) groups excluding carboxylic acids is 2. The van der Waals surface area contributed by atoms with E-state index in [4.69, 9.17) is 25.9 Å². The summed E-state index contributed by atoms with van der Waals surface area (Å²) in [4.78, 5) is 35.7. The van der Waals surface area contributed by atoms with Crippen molar-refractivity contribution in [2.24, 2.45) is 16.5 Å². The molecule has 326 valence electrons. The highest BCUT2D eigenvalue weighted by molar-refractivity contribution is 6.20. The first-order valence-electron chi connectivity index (χ1n) is 23.1. The van der Waals surface area contributed by atoms with Crippen molar-refractivity contribution in [2.45, 2.75) is 211 Å². The second-order valence-corrected chi connectivity index (χ2v) is 17.2. The number of nitrogens with one attached hydrogen (secondary N) is 1. The number of allylic oxidation sites excluding steroid dienone is 2. The molecule has 0 bridgehead atoms. The van der Waals surface area contributed by atoms with Gasteiger partial charge in [-0.05, 0) is 97.1 Å². The molecule has 2 saturated heterocycles. The first-order chi connectivity index (χ1) is 27.7. The second kappa shape index (κ2) is 26.0. The predicted molar refractivity (Wildman–Crippen MR) is 228 cm³/mol. The molecule has 4 heterocycles. The van der Waals surface area contributed by atoms with Gasteiger partial charge in [-0.15, -0.1) is 0 Å². The molecule has 57 heavy (non-hydrogen) atoms. The molecule has 7 N–H and O–H groups in total. The molecule has 0 saturated carbocycles. The fourth-order valence-corrected chi connectivity index (χ4v) is 9.09. The molecular formula is C45H80N6O6. The Balaban J connectivity index is 1.08. The number of hydrogen-bond acceptors (Lipinski definition) is 11. The molecule has 0 radical (unpaired) electrons. The Morgan fingerprint density at radius 2 is 1.67 bits per heavy atom. The Hall–Kier alpha value is -2.35. The predicted octanol–water partition coefficient (Wildman–Crippen LogP) is 6.72. The zero-order valence-electron chi connectivity index (χ0n) is 35.8. The molecule has 4 unspecified atom stereocenters. The summed E-state index contributed by atoms with van der Waals surface area (Å²) >= 11 is 0. The van der Waals surface area contributed by atoms with Gasteiger partial charge in [0.05, 0.1) is 36.2 Å². The number of carbonyl (C=O) groups is 2. The standard InChI is InChI=1S/C45H80N6O6/c1-3-38-22-16-17-28-45(57-38)33-36-25-26-40-42(39(23-19-21-35(2)52)48-44(49-45)51(36)40)43(55)56-32-18-14-12-10-8-6-4-5-7-9-11-13-15-24-41(54)50(31-20-29-46)34-37(53)27-30-47/h16,22,35-38,44,49,52-53H,3-15,17-21,23-34,46-47H2,1-2H3/t35?,36?,37?,38-,44?,45-/m0/s1. The zero-order valence-corrected chi connectivity index (χ0v) is 35.8. The summed E-state index contributed by atoms with van der Waals surface area (Å²) in [5, 5.41) is 23.9. The van der Waals surface area contributed by atoms with Crippen LogP contribution >= 0.6 is 0 Å². The Labute approximate surface area is 344 Å². The van der Waals surface area contributed by atoms with Crippen molar-refractivity contribution >= 4 is 17.6 Å². The minimum atomic E-state index is -0.567. The molecule has 4 rings (SSSR count). The van der Waals surface area contributed by atoms with Gasteiger partial charge in [0.1, 0.15) is 5.72 Å². The molecule has 1 amide bonds. The summed E-state index contributed by atoms with van der Waals surface area (Å²) < 4.78 is 12.7. The van der Waals surface area contributed by atoms with Gasteiger partial charge in [-0.3, -0.25) is 10.1 Å². The SMILES string of the molecule is CC[C@H]1C=CCC[C@@]2(CC3CCC4=C(C(=O)OCCCCCCCCCCCCCCCC(=O)N(CCCN)CC(O)CCN)C(CCCC(C)O)=NC(N2)N43)O1. The van der Waals surface area contributed by atoms with E-state index in [1.165, 1.54) is 44.9 Å². The minimum absolute atomic E-state index is 0.0926. The lowest BCUT2D eigenvalue weighted by Gasteiger charge is -2.51. The molecule has 12 heteroatoms. The summed E-state index contributed by atoms with van der Waals surface area (Å²) in [5.74, 6) is -0.126. The normalized spacial score (nSPS) is 24.0. The van der Waals surface area contributed by atoms with E-state index in [9.17, 15) is 19.8 Å². The van der Waals surface area contributed by atoms with Crippen molar-refractivity contribution < 1.29 is 29.3 Å². The Bertz CT molecular complexity index is 1290. The third kappa shape index (κ3) is 15.6. The molecule has 0 aromatic heterocycles. The molecule has 6 atom stereocenters. The molecule has 0 aromatic rings. The molecule has 2 fully saturated rings. The van der Waals surface area contributed by atoms with Crippen LogP contribution in [0.4, 0.5) is 0 Å². The van der Waals surface area contributed by atoms with E-state index in [1.807, 2.05) is 6.92 Å². The van der Waals surface area contributed by atoms with Crippen LogP contribution in [-0.2, 0) is 19.1 Å². The third-order valence-corrected chi connectivity index (χ3v) is 12.3. The van der Waals surface area contributed by atoms with Crippen LogP contribution in [0, 0.1) is 0 Å². The van der Waals surface area contributed by atoms with Crippen molar-refractivity contribution in [3.63, 3.8) is 0 Å². The average molecular weight is 801 g/mol. The maximum atomic E-state index is 13.7. The van der Waals surface area contributed by atoms with E-state index in [0.29, 0.717) is 64.0 Å². The van der Waals surface area contributed by atoms with Crippen molar-refractivity contribution in [3.05, 3.63) is 23.4 Å². The smallest absolute Gasteiger partial charge is 0.341 e. The molecule has 0 aromatic carbocycles. The van der Waals surface area contributed by atoms with Gasteiger partial charge in [0, 0.05) is 37.7 Å². The highest BCUT2D eigenvalue weighted by Crippen LogP contribution is 2.45. The van der Waals surface area contributed by atoms with Gasteiger partial charge in [0.15, 0.2) is 6.29 Å². The number of nitrogens with two attached hydrogens (primary N) is 2. The van der Waals surface area contributed by atoms with Gasteiger partial charge < -0.3 is 41.0 Å². The lowest BCUT2D eigenvalue weighted by molar-refractivity contribution is -0.153. The second-order valence-electron chi connectivity index (χ2n) is 17.2. The lowest BCUT2D eigenvalue weighted by Crippen LogP contribution is -2.66. The number of aliphatic imine (C=N–C) groups is 1. The number of rotatable bonds is 29. The van der Waals surface area contributed by atoms with E-state index in [1.54, 1.807) is 4.90 Å². The van der Waals surface area contributed by atoms with Crippen LogP contribution in [0.1, 0.15) is 174 Å². The highest BCUT2D eigenvalue weighted by Gasteiger charge is 2.51. The van der Waals surface area contributed by atoms with Crippen molar-refractivity contribution in [2.75, 3.05) is 32.8 Å². The van der Waals surface area contributed by atoms with Gasteiger partial charge >= 0.3 is 5.97 Å². The lowest BCUT2D eigenvalue weighted by atomic mass is 9.93. The molecule has 0 aliphatic carbocycles. The van der Waals surface area contributed by atoms with Crippen LogP contribution in [0.5, 0.6) is 0 Å². The summed E-state index contributed by atoms with van der Waals surface area (Å²) in [6, 6.07) is 0.277. The highest BCUT2D eigenvalue weighted by atomic mass is 16.5. The number of nitrogens with zero attached hydrogens (tertiary/aromatic N) is 3. The van der Waals surface area contributed by atoms with Crippen LogP contribution in [0.15, 0.2) is 28.4 Å². The van der Waals surface area contributed by atoms with E-state index in [2.05, 4.69) is 29.3 Å². The summed E-state index contributed by atoms with van der Waals surface area (Å²) in [7, 11) is 0. The molecule has 4 aliphatic heterocycles. The van der Waals surface area contributed by atoms with E-state index in [0.717, 1.165) is 101 Å². The largest absolute Gasteiger partial charge is 0.462 e. The summed E-state index contributed by atoms with van der Waals surface area (Å²) in [5.41, 5.74) is 13.3. The van der Waals surface area contributed by atoms with Crippen LogP contribution in [-0.4, -0.2) is 107 Å². The van der Waals surface area contributed by atoms with Gasteiger partial charge in [0.2, 0.25) is 5.91 Å². The number of aliphatic hydroxyl groups is 2. The van der Waals surface area contributed by atoms with Crippen molar-refractivity contribution in [3.8, 4) is 0 Å². The first-order valence-corrected chi connectivity index (χ1v) is 23.1. The zero-order chi connectivity index (χ0) is 40.9. The quantitative estimate of drug-likeness (QED) is 0.0310. The van der Waals surface area contributed by atoms with E-state index in [-0.39, 0.29) is 36.4 Å². The van der Waals surface area contributed by atoms with Crippen LogP contribution in [0.2, 0.25) is 0 Å². The maximum Gasteiger partial charge on any atom is 0.341 e. The molecule has 4 aliphatic rings. The summed E-state index contributed by atoms with van der Waals surface area (Å²) in [6.45, 7) is 6.32. The van der Waals surface area contributed by atoms with Crippen LogP contribution in [0.3, 0.4) is 0 Å². The van der Waals surface area contributed by atoms with Crippen LogP contribution < -0.4 is 16.8 Å².